The lowest BCUT2D eigenvalue weighted by Crippen LogP contribution is -2.42. The number of benzene rings is 2. The fourth-order valence-corrected chi connectivity index (χ4v) is 4.52. The van der Waals surface area contributed by atoms with Gasteiger partial charge >= 0.3 is 0 Å². The fraction of sp³-hybridized carbons (Fsp3) is 0.263. The summed E-state index contributed by atoms with van der Waals surface area (Å²) in [5.41, 5.74) is 3.12. The molecule has 0 atom stereocenters. The molecule has 1 fully saturated rings. The molecule has 1 saturated heterocycles. The highest BCUT2D eigenvalue weighted by Gasteiger charge is 2.32. The number of hydrogen-bond acceptors (Lipinski definition) is 4. The van der Waals surface area contributed by atoms with Crippen LogP contribution in [0.3, 0.4) is 0 Å². The van der Waals surface area contributed by atoms with Gasteiger partial charge in [-0.05, 0) is 54.8 Å². The third-order valence-electron chi connectivity index (χ3n) is 4.53. The molecule has 1 amide bonds. The number of piperidine rings is 1. The van der Waals surface area contributed by atoms with Gasteiger partial charge in [0.15, 0.2) is 0 Å². The van der Waals surface area contributed by atoms with Crippen LogP contribution < -0.4 is 5.43 Å². The molecule has 1 heterocycles. The van der Waals surface area contributed by atoms with Gasteiger partial charge in [0.1, 0.15) is 5.82 Å². The molecule has 9 heteroatoms. The summed E-state index contributed by atoms with van der Waals surface area (Å²) in [5.74, 6) is -0.926. The number of hydrogen-bond donors (Lipinski definition) is 1. The van der Waals surface area contributed by atoms with Crippen LogP contribution >= 0.6 is 11.6 Å². The smallest absolute Gasteiger partial charge is 0.243 e. The maximum atomic E-state index is 12.9. The van der Waals surface area contributed by atoms with E-state index < -0.39 is 10.0 Å². The van der Waals surface area contributed by atoms with E-state index in [1.807, 2.05) is 0 Å². The number of carbonyl (C=O) groups is 1. The van der Waals surface area contributed by atoms with Crippen LogP contribution in [0.25, 0.3) is 0 Å². The molecule has 2 aromatic carbocycles. The number of halogens is 2. The van der Waals surface area contributed by atoms with Crippen LogP contribution in [0.2, 0.25) is 5.02 Å². The number of hydrazone groups is 1. The zero-order valence-electron chi connectivity index (χ0n) is 14.9. The summed E-state index contributed by atoms with van der Waals surface area (Å²) >= 11 is 5.81. The van der Waals surface area contributed by atoms with Crippen molar-refractivity contribution in [1.82, 2.24) is 9.73 Å². The molecular formula is C19H19ClFN3O3S. The Bertz CT molecular complexity index is 955. The first-order chi connectivity index (χ1) is 13.4. The highest BCUT2D eigenvalue weighted by Crippen LogP contribution is 2.24. The van der Waals surface area contributed by atoms with Gasteiger partial charge in [0.05, 0.1) is 11.1 Å². The van der Waals surface area contributed by atoms with Gasteiger partial charge in [-0.3, -0.25) is 4.79 Å². The minimum absolute atomic E-state index is 0.184. The normalized spacial score (nSPS) is 16.4. The van der Waals surface area contributed by atoms with Crippen molar-refractivity contribution in [2.24, 2.45) is 11.0 Å². The molecule has 148 valence electrons. The van der Waals surface area contributed by atoms with Crippen molar-refractivity contribution in [1.29, 1.82) is 0 Å². The van der Waals surface area contributed by atoms with Crippen molar-refractivity contribution >= 4 is 33.7 Å². The van der Waals surface area contributed by atoms with E-state index in [1.165, 1.54) is 46.9 Å². The molecule has 2 aromatic rings. The number of nitrogens with one attached hydrogen (secondary N) is 1. The Balaban J connectivity index is 1.53. The average molecular weight is 424 g/mol. The van der Waals surface area contributed by atoms with Crippen molar-refractivity contribution in [2.75, 3.05) is 13.1 Å². The Hall–Kier alpha value is -2.29. The lowest BCUT2D eigenvalue weighted by atomic mass is 9.98. The second kappa shape index (κ2) is 8.81. The van der Waals surface area contributed by atoms with Crippen LogP contribution in [-0.2, 0) is 14.8 Å². The predicted octanol–water partition coefficient (Wildman–Crippen LogP) is 3.03. The molecule has 0 radical (unpaired) electrons. The highest BCUT2D eigenvalue weighted by molar-refractivity contribution is 7.89. The minimum atomic E-state index is -3.60. The fourth-order valence-electron chi connectivity index (χ4n) is 2.92. The van der Waals surface area contributed by atoms with E-state index >= 15 is 0 Å². The topological polar surface area (TPSA) is 78.8 Å². The van der Waals surface area contributed by atoms with Gasteiger partial charge < -0.3 is 0 Å². The van der Waals surface area contributed by atoms with Crippen molar-refractivity contribution < 1.29 is 17.6 Å². The Morgan fingerprint density at radius 1 is 1.11 bits per heavy atom. The molecule has 0 aromatic heterocycles. The SMILES string of the molecule is O=C(NN=Cc1ccc(F)cc1)C1CCN(S(=O)(=O)c2ccc(Cl)cc2)CC1. The summed E-state index contributed by atoms with van der Waals surface area (Å²) in [6.07, 6.45) is 2.24. The number of amides is 1. The Morgan fingerprint density at radius 3 is 2.32 bits per heavy atom. The van der Waals surface area contributed by atoms with E-state index in [4.69, 9.17) is 11.6 Å². The van der Waals surface area contributed by atoms with Crippen molar-refractivity contribution in [3.63, 3.8) is 0 Å². The van der Waals surface area contributed by atoms with Gasteiger partial charge in [0.2, 0.25) is 15.9 Å². The van der Waals surface area contributed by atoms with E-state index in [-0.39, 0.29) is 35.6 Å². The van der Waals surface area contributed by atoms with Crippen LogP contribution in [0.5, 0.6) is 0 Å². The molecule has 3 rings (SSSR count). The third-order valence-corrected chi connectivity index (χ3v) is 6.70. The molecular weight excluding hydrogens is 405 g/mol. The summed E-state index contributed by atoms with van der Waals surface area (Å²) in [6.45, 7) is 0.509. The first-order valence-corrected chi connectivity index (χ1v) is 10.5. The molecule has 0 unspecified atom stereocenters. The molecule has 1 aliphatic rings. The van der Waals surface area contributed by atoms with Gasteiger partial charge in [-0.15, -0.1) is 0 Å². The van der Waals surface area contributed by atoms with Gasteiger partial charge in [0.25, 0.3) is 0 Å². The third kappa shape index (κ3) is 4.95. The monoisotopic (exact) mass is 423 g/mol. The lowest BCUT2D eigenvalue weighted by Gasteiger charge is -2.30. The molecule has 0 saturated carbocycles. The maximum Gasteiger partial charge on any atom is 0.243 e. The summed E-state index contributed by atoms with van der Waals surface area (Å²) in [4.78, 5) is 12.4. The van der Waals surface area contributed by atoms with Crippen LogP contribution in [0.15, 0.2) is 58.5 Å². The minimum Gasteiger partial charge on any atom is -0.273 e. The number of rotatable bonds is 5. The molecule has 0 aliphatic carbocycles. The van der Waals surface area contributed by atoms with Gasteiger partial charge in [-0.1, -0.05) is 23.7 Å². The molecule has 1 N–H and O–H groups in total. The number of carbonyl (C=O) groups excluding carboxylic acids is 1. The zero-order valence-corrected chi connectivity index (χ0v) is 16.5. The van der Waals surface area contributed by atoms with Crippen LogP contribution in [0.1, 0.15) is 18.4 Å². The maximum absolute atomic E-state index is 12.9. The summed E-state index contributed by atoms with van der Waals surface area (Å²) in [6, 6.07) is 11.7. The molecule has 6 nitrogen and oxygen atoms in total. The lowest BCUT2D eigenvalue weighted by molar-refractivity contribution is -0.126. The highest BCUT2D eigenvalue weighted by atomic mass is 35.5. The Labute approximate surface area is 168 Å². The van der Waals surface area contributed by atoms with Crippen molar-refractivity contribution in [3.05, 3.63) is 64.9 Å². The van der Waals surface area contributed by atoms with Crippen molar-refractivity contribution in [2.45, 2.75) is 17.7 Å². The van der Waals surface area contributed by atoms with Crippen LogP contribution in [0.4, 0.5) is 4.39 Å². The first kappa shape index (κ1) is 20.4. The van der Waals surface area contributed by atoms with Gasteiger partial charge in [0, 0.05) is 24.0 Å². The number of sulfonamides is 1. The zero-order chi connectivity index (χ0) is 20.1. The molecule has 28 heavy (non-hydrogen) atoms. The standard InChI is InChI=1S/C19H19ClFN3O3S/c20-16-3-7-18(8-4-16)28(26,27)24-11-9-15(10-12-24)19(25)23-22-13-14-1-5-17(21)6-2-14/h1-8,13,15H,9-12H2,(H,23,25). The number of nitrogens with zero attached hydrogens (tertiary/aromatic N) is 2. The summed E-state index contributed by atoms with van der Waals surface area (Å²) in [7, 11) is -3.60. The van der Waals surface area contributed by atoms with E-state index in [9.17, 15) is 17.6 Å². The second-order valence-corrected chi connectivity index (χ2v) is 8.79. The van der Waals surface area contributed by atoms with Gasteiger partial charge in [-0.2, -0.15) is 9.41 Å². The largest absolute Gasteiger partial charge is 0.273 e. The Morgan fingerprint density at radius 2 is 1.71 bits per heavy atom. The summed E-state index contributed by atoms with van der Waals surface area (Å²) < 4.78 is 39.6. The quantitative estimate of drug-likeness (QED) is 0.593. The van der Waals surface area contributed by atoms with Gasteiger partial charge in [-0.25, -0.2) is 18.2 Å². The molecule has 0 bridgehead atoms. The van der Waals surface area contributed by atoms with Crippen LogP contribution in [-0.4, -0.2) is 37.9 Å². The van der Waals surface area contributed by atoms with Crippen molar-refractivity contribution in [3.8, 4) is 0 Å². The summed E-state index contributed by atoms with van der Waals surface area (Å²) in [5, 5.41) is 4.35. The average Bonchev–Trinajstić information content (AvgIpc) is 2.70. The molecule has 0 spiro atoms. The second-order valence-electron chi connectivity index (χ2n) is 6.42. The van der Waals surface area contributed by atoms with E-state index in [0.717, 1.165) is 0 Å². The predicted molar refractivity (Wildman–Crippen MR) is 105 cm³/mol. The van der Waals surface area contributed by atoms with E-state index in [2.05, 4.69) is 10.5 Å². The van der Waals surface area contributed by atoms with Crippen LogP contribution in [0, 0.1) is 11.7 Å². The van der Waals surface area contributed by atoms with E-state index in [0.29, 0.717) is 23.4 Å². The Kier molecular flexibility index (Phi) is 6.43. The molecule has 1 aliphatic heterocycles. The van der Waals surface area contributed by atoms with E-state index in [1.54, 1.807) is 12.1 Å². The first-order valence-electron chi connectivity index (χ1n) is 8.70.